The predicted molar refractivity (Wildman–Crippen MR) is 151 cm³/mol. The smallest absolute Gasteiger partial charge is 0.253 e. The van der Waals surface area contributed by atoms with Crippen molar-refractivity contribution >= 4 is 44.7 Å². The SMILES string of the molecule is COc1cc(-c2cccc(-c3csc(CC(=O)CNC(=O)c4cc(Cl)n(S(=O)(=O)C(C)C)c4)n3)c2)nc(CO)n1. The van der Waals surface area contributed by atoms with E-state index < -0.39 is 21.2 Å². The molecule has 1 aromatic carbocycles. The average molecular weight is 604 g/mol. The number of rotatable bonds is 11. The topological polar surface area (TPSA) is 153 Å². The summed E-state index contributed by atoms with van der Waals surface area (Å²) in [6, 6.07) is 10.4. The van der Waals surface area contributed by atoms with Gasteiger partial charge in [0.2, 0.25) is 15.9 Å². The summed E-state index contributed by atoms with van der Waals surface area (Å²) in [5.74, 6) is -0.312. The molecule has 4 aromatic rings. The van der Waals surface area contributed by atoms with Crippen LogP contribution < -0.4 is 10.1 Å². The Kier molecular flexibility index (Phi) is 8.98. The van der Waals surface area contributed by atoms with Crippen molar-refractivity contribution in [1.29, 1.82) is 0 Å². The second-order valence-corrected chi connectivity index (χ2v) is 12.6. The van der Waals surface area contributed by atoms with Gasteiger partial charge in [0, 0.05) is 28.8 Å². The largest absolute Gasteiger partial charge is 0.481 e. The zero-order chi connectivity index (χ0) is 29.0. The number of amides is 1. The average Bonchev–Trinajstić information content (AvgIpc) is 3.58. The number of Topliss-reactive ketones (excluding diaryl/α,β-unsaturated/α-hetero) is 1. The monoisotopic (exact) mass is 603 g/mol. The van der Waals surface area contributed by atoms with E-state index in [2.05, 4.69) is 20.3 Å². The highest BCUT2D eigenvalue weighted by atomic mass is 35.5. The van der Waals surface area contributed by atoms with E-state index in [9.17, 15) is 23.1 Å². The lowest BCUT2D eigenvalue weighted by atomic mass is 10.1. The summed E-state index contributed by atoms with van der Waals surface area (Å²) in [7, 11) is -2.24. The Labute approximate surface area is 239 Å². The third kappa shape index (κ3) is 6.55. The number of ether oxygens (including phenoxy) is 1. The summed E-state index contributed by atoms with van der Waals surface area (Å²) in [4.78, 5) is 38.1. The fourth-order valence-electron chi connectivity index (χ4n) is 3.63. The molecule has 0 saturated carbocycles. The minimum absolute atomic E-state index is 0.0110. The van der Waals surface area contributed by atoms with Crippen LogP contribution >= 0.6 is 22.9 Å². The molecule has 4 rings (SSSR count). The number of methoxy groups -OCH3 is 1. The van der Waals surface area contributed by atoms with Gasteiger partial charge in [-0.2, -0.15) is 4.98 Å². The van der Waals surface area contributed by atoms with E-state index in [1.807, 2.05) is 29.6 Å². The van der Waals surface area contributed by atoms with Crippen molar-refractivity contribution < 1.29 is 27.9 Å². The molecule has 0 bridgehead atoms. The van der Waals surface area contributed by atoms with Gasteiger partial charge in [0.1, 0.15) is 16.8 Å². The molecule has 1 amide bonds. The summed E-state index contributed by atoms with van der Waals surface area (Å²) in [6.45, 7) is 2.43. The standard InChI is InChI=1S/C26H26ClN5O6S2/c1-15(2)40(36,37)32-12-18(8-22(32)27)26(35)28-11-19(34)9-25-30-21(14-39-25)17-6-4-5-16(7-17)20-10-24(38-3)31-23(13-33)29-20/h4-8,10,12,14-15,33H,9,11,13H2,1-3H3,(H,28,35). The van der Waals surface area contributed by atoms with E-state index in [1.165, 1.54) is 38.4 Å². The number of nitrogens with one attached hydrogen (secondary N) is 1. The van der Waals surface area contributed by atoms with Crippen LogP contribution in [0.15, 0.2) is 48.0 Å². The van der Waals surface area contributed by atoms with Crippen molar-refractivity contribution in [1.82, 2.24) is 24.2 Å². The van der Waals surface area contributed by atoms with Crippen LogP contribution in [0.25, 0.3) is 22.5 Å². The lowest BCUT2D eigenvalue weighted by Crippen LogP contribution is -2.30. The van der Waals surface area contributed by atoms with Gasteiger partial charge in [-0.1, -0.05) is 29.8 Å². The van der Waals surface area contributed by atoms with E-state index in [-0.39, 0.29) is 41.9 Å². The second-order valence-electron chi connectivity index (χ2n) is 8.92. The minimum atomic E-state index is -3.73. The van der Waals surface area contributed by atoms with Gasteiger partial charge in [-0.3, -0.25) is 9.59 Å². The molecule has 0 saturated heterocycles. The van der Waals surface area contributed by atoms with Crippen molar-refractivity contribution in [3.8, 4) is 28.4 Å². The van der Waals surface area contributed by atoms with Gasteiger partial charge in [-0.15, -0.1) is 11.3 Å². The fourth-order valence-corrected chi connectivity index (χ4v) is 5.93. The van der Waals surface area contributed by atoms with Crippen LogP contribution in [0, 0.1) is 0 Å². The third-order valence-corrected chi connectivity index (χ3v) is 9.06. The maximum absolute atomic E-state index is 12.6. The number of ketones is 1. The van der Waals surface area contributed by atoms with Gasteiger partial charge < -0.3 is 15.2 Å². The van der Waals surface area contributed by atoms with Crippen molar-refractivity contribution in [2.24, 2.45) is 0 Å². The van der Waals surface area contributed by atoms with Gasteiger partial charge >= 0.3 is 0 Å². The van der Waals surface area contributed by atoms with Crippen LogP contribution in [0.2, 0.25) is 5.15 Å². The maximum Gasteiger partial charge on any atom is 0.253 e. The van der Waals surface area contributed by atoms with Gasteiger partial charge in [0.05, 0.1) is 42.3 Å². The third-order valence-electron chi connectivity index (χ3n) is 5.77. The Balaban J connectivity index is 1.40. The molecule has 0 radical (unpaired) electrons. The van der Waals surface area contributed by atoms with Gasteiger partial charge in [0.15, 0.2) is 11.6 Å². The molecule has 3 aromatic heterocycles. The summed E-state index contributed by atoms with van der Waals surface area (Å²) in [6.07, 6.45) is 1.15. The van der Waals surface area contributed by atoms with Crippen LogP contribution in [-0.2, 0) is 27.8 Å². The van der Waals surface area contributed by atoms with E-state index in [1.54, 1.807) is 6.07 Å². The van der Waals surface area contributed by atoms with Crippen molar-refractivity contribution in [3.63, 3.8) is 0 Å². The van der Waals surface area contributed by atoms with E-state index >= 15 is 0 Å². The Morgan fingerprint density at radius 3 is 2.52 bits per heavy atom. The number of aromatic nitrogens is 4. The quantitative estimate of drug-likeness (QED) is 0.263. The normalized spacial score (nSPS) is 11.6. The number of thiazole rings is 1. The summed E-state index contributed by atoms with van der Waals surface area (Å²) in [5.41, 5.74) is 2.87. The Hall–Kier alpha value is -3.65. The molecule has 0 atom stereocenters. The first kappa shape index (κ1) is 29.3. The van der Waals surface area contributed by atoms with Crippen molar-refractivity contribution in [2.75, 3.05) is 13.7 Å². The molecular formula is C26H26ClN5O6S2. The number of aliphatic hydroxyl groups excluding tert-OH is 1. The number of carbonyl (C=O) groups is 2. The maximum atomic E-state index is 12.6. The molecule has 0 unspecified atom stereocenters. The van der Waals surface area contributed by atoms with Gasteiger partial charge in [-0.05, 0) is 26.0 Å². The molecule has 210 valence electrons. The van der Waals surface area contributed by atoms with Crippen LogP contribution in [0.1, 0.15) is 35.0 Å². The highest BCUT2D eigenvalue weighted by Crippen LogP contribution is 2.28. The summed E-state index contributed by atoms with van der Waals surface area (Å²) < 4.78 is 30.8. The fraction of sp³-hybridized carbons (Fsp3) is 0.269. The van der Waals surface area contributed by atoms with Gasteiger partial charge in [-0.25, -0.2) is 22.4 Å². The number of aliphatic hydroxyl groups is 1. The predicted octanol–water partition coefficient (Wildman–Crippen LogP) is 3.35. The Morgan fingerprint density at radius 2 is 1.85 bits per heavy atom. The molecular weight excluding hydrogens is 578 g/mol. The number of nitrogens with zero attached hydrogens (tertiary/aromatic N) is 4. The summed E-state index contributed by atoms with van der Waals surface area (Å²) in [5, 5.41) is 13.5. The molecule has 3 heterocycles. The number of halogens is 1. The lowest BCUT2D eigenvalue weighted by molar-refractivity contribution is -0.117. The van der Waals surface area contributed by atoms with E-state index in [4.69, 9.17) is 16.3 Å². The molecule has 0 spiro atoms. The first-order chi connectivity index (χ1) is 19.0. The van der Waals surface area contributed by atoms with Crippen LogP contribution in [0.5, 0.6) is 5.88 Å². The summed E-state index contributed by atoms with van der Waals surface area (Å²) >= 11 is 7.34. The Bertz CT molecular complexity index is 1640. The lowest BCUT2D eigenvalue weighted by Gasteiger charge is -2.09. The molecule has 0 aliphatic heterocycles. The first-order valence-corrected chi connectivity index (χ1v) is 14.8. The number of benzene rings is 1. The highest BCUT2D eigenvalue weighted by Gasteiger charge is 2.23. The second kappa shape index (κ2) is 12.3. The zero-order valence-corrected chi connectivity index (χ0v) is 24.2. The molecule has 0 aliphatic rings. The van der Waals surface area contributed by atoms with Crippen molar-refractivity contribution in [2.45, 2.75) is 32.1 Å². The molecule has 0 fully saturated rings. The number of carbonyl (C=O) groups excluding carboxylic acids is 2. The number of hydrogen-bond acceptors (Lipinski definition) is 10. The molecule has 11 nitrogen and oxygen atoms in total. The van der Waals surface area contributed by atoms with Crippen LogP contribution in [0.3, 0.4) is 0 Å². The van der Waals surface area contributed by atoms with Crippen LogP contribution in [-0.4, -0.2) is 63.0 Å². The molecule has 2 N–H and O–H groups in total. The first-order valence-electron chi connectivity index (χ1n) is 12.0. The highest BCUT2D eigenvalue weighted by molar-refractivity contribution is 7.90. The van der Waals surface area contributed by atoms with E-state index in [0.717, 1.165) is 21.3 Å². The zero-order valence-electron chi connectivity index (χ0n) is 21.8. The molecule has 0 aliphatic carbocycles. The van der Waals surface area contributed by atoms with E-state index in [0.29, 0.717) is 22.3 Å². The minimum Gasteiger partial charge on any atom is -0.481 e. The van der Waals surface area contributed by atoms with Crippen molar-refractivity contribution in [3.05, 3.63) is 69.5 Å². The van der Waals surface area contributed by atoms with Gasteiger partial charge in [0.25, 0.3) is 5.91 Å². The Morgan fingerprint density at radius 1 is 1.12 bits per heavy atom. The molecule has 14 heteroatoms. The number of hydrogen-bond donors (Lipinski definition) is 2. The van der Waals surface area contributed by atoms with Crippen LogP contribution in [0.4, 0.5) is 0 Å². The molecule has 40 heavy (non-hydrogen) atoms.